The van der Waals surface area contributed by atoms with Gasteiger partial charge in [-0.25, -0.2) is 0 Å². The highest BCUT2D eigenvalue weighted by Gasteiger charge is 2.02. The number of nitrogens with zero attached hydrogens (tertiary/aromatic N) is 1. The molecule has 0 amide bonds. The highest BCUT2D eigenvalue weighted by molar-refractivity contribution is 7.08. The zero-order chi connectivity index (χ0) is 21.0. The predicted molar refractivity (Wildman–Crippen MR) is 127 cm³/mol. The molecule has 0 fully saturated rings. The van der Waals surface area contributed by atoms with E-state index in [2.05, 4.69) is 97.7 Å². The lowest BCUT2D eigenvalue weighted by molar-refractivity contribution is 0.324. The van der Waals surface area contributed by atoms with Crippen LogP contribution in [0.5, 0.6) is 5.75 Å². The minimum atomic E-state index is 0.0603. The Kier molecular flexibility index (Phi) is 9.77. The van der Waals surface area contributed by atoms with Crippen molar-refractivity contribution >= 4 is 11.3 Å². The lowest BCUT2D eigenvalue weighted by Crippen LogP contribution is -2.23. The summed E-state index contributed by atoms with van der Waals surface area (Å²) >= 11 is 1.71. The molecular weight excluding hydrogens is 374 g/mol. The van der Waals surface area contributed by atoms with Crippen LogP contribution < -0.4 is 4.74 Å². The summed E-state index contributed by atoms with van der Waals surface area (Å²) < 4.78 is 5.91. The van der Waals surface area contributed by atoms with Gasteiger partial charge < -0.3 is 4.74 Å². The monoisotopic (exact) mass is 407 g/mol. The second-order valence-corrected chi connectivity index (χ2v) is 8.70. The van der Waals surface area contributed by atoms with Gasteiger partial charge in [0, 0.05) is 18.5 Å². The Labute approximate surface area is 180 Å². The fourth-order valence-electron chi connectivity index (χ4n) is 2.63. The Morgan fingerprint density at radius 1 is 1.07 bits per heavy atom. The van der Waals surface area contributed by atoms with Crippen molar-refractivity contribution in [1.29, 1.82) is 0 Å². The van der Waals surface area contributed by atoms with Crippen molar-refractivity contribution in [3.8, 4) is 28.7 Å². The normalized spacial score (nSPS) is 11.9. The molecule has 2 aromatic rings. The van der Waals surface area contributed by atoms with E-state index in [4.69, 9.17) is 4.74 Å². The molecule has 0 spiro atoms. The number of allylic oxidation sites excluding steroid dienone is 1. The van der Waals surface area contributed by atoms with E-state index in [1.54, 1.807) is 11.3 Å². The van der Waals surface area contributed by atoms with Crippen LogP contribution in [-0.2, 0) is 0 Å². The van der Waals surface area contributed by atoms with E-state index in [9.17, 15) is 0 Å². The maximum atomic E-state index is 5.91. The number of likely N-dealkylation sites (N-methyl/N-ethyl adjacent to an activating group) is 1. The Bertz CT molecular complexity index is 832. The van der Waals surface area contributed by atoms with Gasteiger partial charge in [0.2, 0.25) is 0 Å². The molecule has 0 bridgehead atoms. The minimum Gasteiger partial charge on any atom is -0.493 e. The third-order valence-corrected chi connectivity index (χ3v) is 4.91. The molecule has 2 nitrogen and oxygen atoms in total. The molecule has 2 rings (SSSR count). The zero-order valence-electron chi connectivity index (χ0n) is 18.2. The van der Waals surface area contributed by atoms with Crippen molar-refractivity contribution in [2.75, 3.05) is 26.2 Å². The molecule has 0 saturated carbocycles. The third kappa shape index (κ3) is 9.65. The molecule has 154 valence electrons. The van der Waals surface area contributed by atoms with Crippen LogP contribution in [-0.4, -0.2) is 31.1 Å². The molecular formula is C26H33NOS. The minimum absolute atomic E-state index is 0.0603. The first-order valence-electron chi connectivity index (χ1n) is 10.3. The average molecular weight is 408 g/mol. The van der Waals surface area contributed by atoms with Gasteiger partial charge in [0.25, 0.3) is 0 Å². The molecule has 0 aliphatic heterocycles. The van der Waals surface area contributed by atoms with E-state index < -0.39 is 0 Å². The first-order chi connectivity index (χ1) is 14.0. The van der Waals surface area contributed by atoms with Gasteiger partial charge in [-0.3, -0.25) is 4.90 Å². The van der Waals surface area contributed by atoms with Gasteiger partial charge in [-0.15, -0.1) is 0 Å². The van der Waals surface area contributed by atoms with Crippen LogP contribution in [0, 0.1) is 17.3 Å². The summed E-state index contributed by atoms with van der Waals surface area (Å²) in [5.41, 5.74) is 2.52. The molecule has 3 heteroatoms. The van der Waals surface area contributed by atoms with Gasteiger partial charge in [0.05, 0.1) is 6.61 Å². The summed E-state index contributed by atoms with van der Waals surface area (Å²) in [5, 5.41) is 4.26. The number of hydrogen-bond donors (Lipinski definition) is 0. The van der Waals surface area contributed by atoms with E-state index in [0.717, 1.165) is 31.8 Å². The fraction of sp³-hybridized carbons (Fsp3) is 0.385. The quantitative estimate of drug-likeness (QED) is 0.248. The van der Waals surface area contributed by atoms with Crippen molar-refractivity contribution in [3.05, 3.63) is 65.4 Å². The smallest absolute Gasteiger partial charge is 0.119 e. The summed E-state index contributed by atoms with van der Waals surface area (Å²) in [7, 11) is 0. The molecule has 1 aromatic carbocycles. The number of hydrogen-bond acceptors (Lipinski definition) is 3. The van der Waals surface area contributed by atoms with Gasteiger partial charge in [0.1, 0.15) is 5.75 Å². The number of ether oxygens (including phenoxy) is 1. The maximum absolute atomic E-state index is 5.91. The molecule has 0 atom stereocenters. The zero-order valence-corrected chi connectivity index (χ0v) is 19.0. The second-order valence-electron chi connectivity index (χ2n) is 7.92. The topological polar surface area (TPSA) is 12.5 Å². The number of benzene rings is 1. The first kappa shape index (κ1) is 23.0. The number of rotatable bonds is 10. The van der Waals surface area contributed by atoms with Gasteiger partial charge in [-0.05, 0) is 79.9 Å². The van der Waals surface area contributed by atoms with Gasteiger partial charge >= 0.3 is 0 Å². The maximum Gasteiger partial charge on any atom is 0.119 e. The summed E-state index contributed by atoms with van der Waals surface area (Å²) in [6, 6.07) is 10.4. The Morgan fingerprint density at radius 2 is 1.90 bits per heavy atom. The molecule has 29 heavy (non-hydrogen) atoms. The molecule has 0 radical (unpaired) electrons. The van der Waals surface area contributed by atoms with Crippen molar-refractivity contribution in [2.45, 2.75) is 34.1 Å². The molecule has 0 aliphatic rings. The predicted octanol–water partition coefficient (Wildman–Crippen LogP) is 6.67. The molecule has 0 aliphatic carbocycles. The van der Waals surface area contributed by atoms with Crippen molar-refractivity contribution in [3.63, 3.8) is 0 Å². The molecule has 0 unspecified atom stereocenters. The average Bonchev–Trinajstić information content (AvgIpc) is 3.23. The third-order valence-electron chi connectivity index (χ3n) is 4.23. The standard InChI is InChI=1S/C26H33NOS/c1-5-27(17-9-6-8-16-26(2,3)4)18-10-7-11-19-28-25-14-12-13-23(21-25)24-15-20-29-22-24/h6-7,9-10,12-15,20-22H,5,11,17-19H2,1-4H3. The van der Waals surface area contributed by atoms with E-state index in [-0.39, 0.29) is 5.41 Å². The van der Waals surface area contributed by atoms with E-state index in [0.29, 0.717) is 6.61 Å². The molecule has 1 heterocycles. The second kappa shape index (κ2) is 12.3. The van der Waals surface area contributed by atoms with E-state index in [1.165, 1.54) is 11.1 Å². The summed E-state index contributed by atoms with van der Waals surface area (Å²) in [6.45, 7) is 12.1. The summed E-state index contributed by atoms with van der Waals surface area (Å²) in [5.74, 6) is 7.28. The van der Waals surface area contributed by atoms with Crippen molar-refractivity contribution in [2.24, 2.45) is 5.41 Å². The lowest BCUT2D eigenvalue weighted by atomic mass is 9.98. The Morgan fingerprint density at radius 3 is 2.62 bits per heavy atom. The highest BCUT2D eigenvalue weighted by Crippen LogP contribution is 2.25. The van der Waals surface area contributed by atoms with Gasteiger partial charge in [-0.1, -0.05) is 49.1 Å². The Balaban J connectivity index is 1.68. The van der Waals surface area contributed by atoms with Crippen LogP contribution >= 0.6 is 11.3 Å². The van der Waals surface area contributed by atoms with Gasteiger partial charge in [0.15, 0.2) is 0 Å². The molecule has 0 N–H and O–H groups in total. The van der Waals surface area contributed by atoms with Crippen LogP contribution in [0.4, 0.5) is 0 Å². The highest BCUT2D eigenvalue weighted by atomic mass is 32.1. The lowest BCUT2D eigenvalue weighted by Gasteiger charge is -2.15. The SMILES string of the molecule is CCN(CC=CC#CC(C)(C)C)CC=CCCOc1cccc(-c2ccsc2)c1. The largest absolute Gasteiger partial charge is 0.493 e. The fourth-order valence-corrected chi connectivity index (χ4v) is 3.30. The van der Waals surface area contributed by atoms with Crippen LogP contribution in [0.1, 0.15) is 34.1 Å². The van der Waals surface area contributed by atoms with Crippen LogP contribution in [0.25, 0.3) is 11.1 Å². The first-order valence-corrected chi connectivity index (χ1v) is 11.2. The van der Waals surface area contributed by atoms with Crippen molar-refractivity contribution < 1.29 is 4.74 Å². The van der Waals surface area contributed by atoms with E-state index in [1.807, 2.05) is 12.1 Å². The molecule has 0 saturated heterocycles. The van der Waals surface area contributed by atoms with E-state index >= 15 is 0 Å². The summed E-state index contributed by atoms with van der Waals surface area (Å²) in [6.07, 6.45) is 9.44. The van der Waals surface area contributed by atoms with Gasteiger partial charge in [-0.2, -0.15) is 11.3 Å². The summed E-state index contributed by atoms with van der Waals surface area (Å²) in [4.78, 5) is 2.37. The van der Waals surface area contributed by atoms with Crippen LogP contribution in [0.3, 0.4) is 0 Å². The van der Waals surface area contributed by atoms with Crippen LogP contribution in [0.2, 0.25) is 0 Å². The molecule has 1 aromatic heterocycles. The number of thiophene rings is 1. The Hall–Kier alpha value is -2.28. The van der Waals surface area contributed by atoms with Crippen LogP contribution in [0.15, 0.2) is 65.4 Å². The van der Waals surface area contributed by atoms with Crippen molar-refractivity contribution in [1.82, 2.24) is 4.90 Å².